The van der Waals surface area contributed by atoms with Gasteiger partial charge in [0.05, 0.1) is 16.4 Å². The molecule has 0 bridgehead atoms. The summed E-state index contributed by atoms with van der Waals surface area (Å²) in [7, 11) is 0. The van der Waals surface area contributed by atoms with E-state index in [1.807, 2.05) is 18.2 Å². The first-order valence-electron chi connectivity index (χ1n) is 6.79. The summed E-state index contributed by atoms with van der Waals surface area (Å²) >= 11 is 1.54. The van der Waals surface area contributed by atoms with Crippen molar-refractivity contribution in [1.29, 1.82) is 0 Å². The minimum Gasteiger partial charge on any atom is -0.480 e. The molecule has 3 N–H and O–H groups in total. The number of hydrogen-bond acceptors (Lipinski definition) is 6. The minimum atomic E-state index is -0.923. The molecule has 0 aliphatic heterocycles. The zero-order chi connectivity index (χ0) is 16.0. The Morgan fingerprint density at radius 1 is 1.30 bits per heavy atom. The molecule has 3 heterocycles. The molecule has 0 spiro atoms. The van der Waals surface area contributed by atoms with Crippen molar-refractivity contribution < 1.29 is 9.90 Å². The lowest BCUT2D eigenvalue weighted by Gasteiger charge is -1.98. The lowest BCUT2D eigenvalue weighted by atomic mass is 10.1. The number of benzene rings is 1. The van der Waals surface area contributed by atoms with E-state index in [1.54, 1.807) is 23.7 Å². The Morgan fingerprint density at radius 2 is 2.17 bits per heavy atom. The van der Waals surface area contributed by atoms with Crippen LogP contribution >= 0.6 is 11.3 Å². The SMILES string of the molecule is Nc1ncnc2c1sc1cc(-c3cnn(CC(=O)O)c3)ccc12. The average molecular weight is 325 g/mol. The lowest BCUT2D eigenvalue weighted by Crippen LogP contribution is -2.08. The zero-order valence-corrected chi connectivity index (χ0v) is 12.6. The van der Waals surface area contributed by atoms with Crippen molar-refractivity contribution in [2.24, 2.45) is 0 Å². The van der Waals surface area contributed by atoms with Gasteiger partial charge >= 0.3 is 5.97 Å². The molecule has 23 heavy (non-hydrogen) atoms. The van der Waals surface area contributed by atoms with Gasteiger partial charge in [0, 0.05) is 21.8 Å². The van der Waals surface area contributed by atoms with Crippen molar-refractivity contribution in [3.63, 3.8) is 0 Å². The van der Waals surface area contributed by atoms with E-state index in [0.717, 1.165) is 31.4 Å². The Labute approximate surface area is 134 Å². The minimum absolute atomic E-state index is 0.156. The molecule has 4 rings (SSSR count). The van der Waals surface area contributed by atoms with Gasteiger partial charge in [-0.05, 0) is 11.6 Å². The van der Waals surface area contributed by atoms with E-state index < -0.39 is 5.97 Å². The molecule has 4 aromatic rings. The fourth-order valence-corrected chi connectivity index (χ4v) is 3.61. The topological polar surface area (TPSA) is 107 Å². The molecule has 3 aromatic heterocycles. The highest BCUT2D eigenvalue weighted by atomic mass is 32.1. The van der Waals surface area contributed by atoms with Crippen LogP contribution in [0.5, 0.6) is 0 Å². The maximum absolute atomic E-state index is 10.7. The summed E-state index contributed by atoms with van der Waals surface area (Å²) in [5.41, 5.74) is 8.59. The number of carboxylic acids is 1. The van der Waals surface area contributed by atoms with Crippen molar-refractivity contribution in [2.75, 3.05) is 5.73 Å². The van der Waals surface area contributed by atoms with E-state index in [9.17, 15) is 4.79 Å². The van der Waals surface area contributed by atoms with Crippen LogP contribution < -0.4 is 5.73 Å². The molecule has 0 fully saturated rings. The van der Waals surface area contributed by atoms with Gasteiger partial charge in [-0.2, -0.15) is 5.10 Å². The predicted molar refractivity (Wildman–Crippen MR) is 88.2 cm³/mol. The van der Waals surface area contributed by atoms with Crippen LogP contribution in [0.3, 0.4) is 0 Å². The maximum atomic E-state index is 10.7. The number of aliphatic carboxylic acids is 1. The number of fused-ring (bicyclic) bond motifs is 3. The smallest absolute Gasteiger partial charge is 0.325 e. The fraction of sp³-hybridized carbons (Fsp3) is 0.0667. The van der Waals surface area contributed by atoms with Gasteiger partial charge in [0.1, 0.15) is 18.7 Å². The molecule has 114 valence electrons. The van der Waals surface area contributed by atoms with E-state index >= 15 is 0 Å². The molecule has 0 radical (unpaired) electrons. The molecule has 1 aromatic carbocycles. The molecule has 0 unspecified atom stereocenters. The van der Waals surface area contributed by atoms with Gasteiger partial charge in [-0.3, -0.25) is 9.48 Å². The Bertz CT molecular complexity index is 1050. The van der Waals surface area contributed by atoms with E-state index in [4.69, 9.17) is 10.8 Å². The first-order valence-corrected chi connectivity index (χ1v) is 7.61. The van der Waals surface area contributed by atoms with Crippen LogP contribution in [0, 0.1) is 0 Å². The number of hydrogen-bond donors (Lipinski definition) is 2. The Kier molecular flexibility index (Phi) is 2.98. The fourth-order valence-electron chi connectivity index (χ4n) is 2.51. The van der Waals surface area contributed by atoms with E-state index in [0.29, 0.717) is 5.82 Å². The number of anilines is 1. The van der Waals surface area contributed by atoms with Gasteiger partial charge in [-0.25, -0.2) is 9.97 Å². The summed E-state index contributed by atoms with van der Waals surface area (Å²) in [6.45, 7) is -0.156. The lowest BCUT2D eigenvalue weighted by molar-refractivity contribution is -0.137. The number of rotatable bonds is 3. The van der Waals surface area contributed by atoms with Gasteiger partial charge in [-0.15, -0.1) is 11.3 Å². The molecule has 0 atom stereocenters. The molecule has 0 aliphatic rings. The van der Waals surface area contributed by atoms with Gasteiger partial charge in [-0.1, -0.05) is 12.1 Å². The molecule has 0 saturated heterocycles. The Morgan fingerprint density at radius 3 is 3.00 bits per heavy atom. The van der Waals surface area contributed by atoms with E-state index in [1.165, 1.54) is 11.0 Å². The summed E-state index contributed by atoms with van der Waals surface area (Å²) in [6, 6.07) is 5.99. The number of thiophene rings is 1. The van der Waals surface area contributed by atoms with Gasteiger partial charge in [0.15, 0.2) is 0 Å². The predicted octanol–water partition coefficient (Wildman–Crippen LogP) is 2.37. The number of aromatic nitrogens is 4. The average Bonchev–Trinajstić information content (AvgIpc) is 3.11. The number of nitrogen functional groups attached to an aromatic ring is 1. The van der Waals surface area contributed by atoms with Gasteiger partial charge in [0.25, 0.3) is 0 Å². The number of nitrogens with two attached hydrogens (primary N) is 1. The third kappa shape index (κ3) is 2.29. The zero-order valence-electron chi connectivity index (χ0n) is 11.8. The van der Waals surface area contributed by atoms with Crippen LogP contribution in [-0.2, 0) is 11.3 Å². The van der Waals surface area contributed by atoms with Crippen LogP contribution in [0.4, 0.5) is 5.82 Å². The van der Waals surface area contributed by atoms with E-state index in [2.05, 4.69) is 15.1 Å². The standard InChI is InChI=1S/C15H11N5O2S/c16-15-14-13(17-7-18-15)10-2-1-8(3-11(10)23-14)9-4-19-20(5-9)6-12(21)22/h1-5,7H,6H2,(H,21,22)(H2,16,17,18). The summed E-state index contributed by atoms with van der Waals surface area (Å²) < 4.78 is 3.33. The van der Waals surface area contributed by atoms with Crippen LogP contribution in [0.25, 0.3) is 31.4 Å². The first-order chi connectivity index (χ1) is 11.1. The highest BCUT2D eigenvalue weighted by molar-refractivity contribution is 7.26. The summed E-state index contributed by atoms with van der Waals surface area (Å²) in [5, 5.41) is 13.9. The van der Waals surface area contributed by atoms with Crippen molar-refractivity contribution in [3.05, 3.63) is 36.9 Å². The number of carboxylic acid groups (broad SMARTS) is 1. The Hall–Kier alpha value is -3.00. The molecular formula is C15H11N5O2S. The molecular weight excluding hydrogens is 314 g/mol. The Balaban J connectivity index is 1.82. The highest BCUT2D eigenvalue weighted by Gasteiger charge is 2.11. The van der Waals surface area contributed by atoms with Gasteiger partial charge in [0.2, 0.25) is 0 Å². The number of nitrogens with zero attached hydrogens (tertiary/aromatic N) is 4. The summed E-state index contributed by atoms with van der Waals surface area (Å²) in [4.78, 5) is 19.1. The summed E-state index contributed by atoms with van der Waals surface area (Å²) in [6.07, 6.45) is 4.84. The van der Waals surface area contributed by atoms with Crippen LogP contribution in [0.15, 0.2) is 36.9 Å². The molecule has 0 amide bonds. The summed E-state index contributed by atoms with van der Waals surface area (Å²) in [5.74, 6) is -0.444. The van der Waals surface area contributed by atoms with Crippen molar-refractivity contribution in [3.8, 4) is 11.1 Å². The monoisotopic (exact) mass is 325 g/mol. The highest BCUT2D eigenvalue weighted by Crippen LogP contribution is 2.36. The molecule has 0 aliphatic carbocycles. The molecule has 7 nitrogen and oxygen atoms in total. The third-order valence-corrected chi connectivity index (χ3v) is 4.71. The second-order valence-corrected chi connectivity index (χ2v) is 6.12. The largest absolute Gasteiger partial charge is 0.480 e. The molecule has 8 heteroatoms. The quantitative estimate of drug-likeness (QED) is 0.599. The van der Waals surface area contributed by atoms with Crippen LogP contribution in [0.1, 0.15) is 0 Å². The van der Waals surface area contributed by atoms with Crippen molar-refractivity contribution in [1.82, 2.24) is 19.7 Å². The normalized spacial score (nSPS) is 11.3. The van der Waals surface area contributed by atoms with Crippen LogP contribution in [0.2, 0.25) is 0 Å². The van der Waals surface area contributed by atoms with Crippen LogP contribution in [-0.4, -0.2) is 30.8 Å². The van der Waals surface area contributed by atoms with Crippen molar-refractivity contribution >= 4 is 43.4 Å². The first kappa shape index (κ1) is 13.6. The van der Waals surface area contributed by atoms with Crippen molar-refractivity contribution in [2.45, 2.75) is 6.54 Å². The maximum Gasteiger partial charge on any atom is 0.325 e. The third-order valence-electron chi connectivity index (χ3n) is 3.54. The van der Waals surface area contributed by atoms with Gasteiger partial charge < -0.3 is 10.8 Å². The van der Waals surface area contributed by atoms with E-state index in [-0.39, 0.29) is 6.54 Å². The second-order valence-electron chi connectivity index (χ2n) is 5.07. The number of carbonyl (C=O) groups is 1. The molecule has 0 saturated carbocycles. The second kappa shape index (κ2) is 5.03.